The lowest BCUT2D eigenvalue weighted by Crippen LogP contribution is -1.98. The van der Waals surface area contributed by atoms with E-state index in [0.717, 1.165) is 35.5 Å². The molecule has 1 heterocycles. The predicted octanol–water partition coefficient (Wildman–Crippen LogP) is 2.46. The maximum absolute atomic E-state index is 5.89. The fourth-order valence-electron chi connectivity index (χ4n) is 1.76. The van der Waals surface area contributed by atoms with Gasteiger partial charge in [-0.05, 0) is 49.9 Å². The van der Waals surface area contributed by atoms with Crippen LogP contribution in [0.2, 0.25) is 0 Å². The summed E-state index contributed by atoms with van der Waals surface area (Å²) in [5.41, 5.74) is 11.2. The highest BCUT2D eigenvalue weighted by atomic mass is 14.8. The molecule has 1 aromatic heterocycles. The van der Waals surface area contributed by atoms with Crippen LogP contribution < -0.4 is 5.73 Å². The Balaban J connectivity index is 2.05. The SMILES string of the molecule is Cc1cc(CCc2ccc(C)c(N)c2)ncn1. The summed E-state index contributed by atoms with van der Waals surface area (Å²) in [5.74, 6) is 0. The maximum atomic E-state index is 5.89. The molecule has 17 heavy (non-hydrogen) atoms. The molecule has 0 radical (unpaired) electrons. The minimum absolute atomic E-state index is 0.862. The number of rotatable bonds is 3. The molecule has 88 valence electrons. The molecule has 2 N–H and O–H groups in total. The van der Waals surface area contributed by atoms with Crippen LogP contribution in [-0.4, -0.2) is 9.97 Å². The minimum Gasteiger partial charge on any atom is -0.399 e. The van der Waals surface area contributed by atoms with Crippen LogP contribution >= 0.6 is 0 Å². The number of hydrogen-bond acceptors (Lipinski definition) is 3. The first-order valence-electron chi connectivity index (χ1n) is 5.77. The number of anilines is 1. The van der Waals surface area contributed by atoms with E-state index in [4.69, 9.17) is 5.73 Å². The smallest absolute Gasteiger partial charge is 0.115 e. The second kappa shape index (κ2) is 4.95. The molecule has 0 bridgehead atoms. The Morgan fingerprint density at radius 2 is 1.88 bits per heavy atom. The van der Waals surface area contributed by atoms with Gasteiger partial charge in [0.1, 0.15) is 6.33 Å². The van der Waals surface area contributed by atoms with Crippen molar-refractivity contribution in [3.8, 4) is 0 Å². The molecular formula is C14H17N3. The Morgan fingerprint density at radius 3 is 2.59 bits per heavy atom. The van der Waals surface area contributed by atoms with Crippen LogP contribution in [0.1, 0.15) is 22.5 Å². The molecule has 2 rings (SSSR count). The summed E-state index contributed by atoms with van der Waals surface area (Å²) in [6, 6.07) is 8.26. The Morgan fingerprint density at radius 1 is 1.06 bits per heavy atom. The van der Waals surface area contributed by atoms with Gasteiger partial charge in [-0.3, -0.25) is 0 Å². The minimum atomic E-state index is 0.862. The third-order valence-electron chi connectivity index (χ3n) is 2.87. The van der Waals surface area contributed by atoms with E-state index in [9.17, 15) is 0 Å². The van der Waals surface area contributed by atoms with Crippen molar-refractivity contribution in [3.05, 3.63) is 53.1 Å². The highest BCUT2D eigenvalue weighted by molar-refractivity contribution is 5.48. The normalized spacial score (nSPS) is 10.5. The third-order valence-corrected chi connectivity index (χ3v) is 2.87. The number of nitrogens with zero attached hydrogens (tertiary/aromatic N) is 2. The van der Waals surface area contributed by atoms with Crippen molar-refractivity contribution < 1.29 is 0 Å². The molecule has 3 nitrogen and oxygen atoms in total. The molecule has 0 aliphatic heterocycles. The number of benzene rings is 1. The fraction of sp³-hybridized carbons (Fsp3) is 0.286. The second-order valence-electron chi connectivity index (χ2n) is 4.34. The van der Waals surface area contributed by atoms with Gasteiger partial charge in [0.2, 0.25) is 0 Å². The summed E-state index contributed by atoms with van der Waals surface area (Å²) >= 11 is 0. The van der Waals surface area contributed by atoms with Crippen molar-refractivity contribution in [1.29, 1.82) is 0 Å². The van der Waals surface area contributed by atoms with Crippen molar-refractivity contribution in [2.45, 2.75) is 26.7 Å². The Labute approximate surface area is 102 Å². The van der Waals surface area contributed by atoms with Crippen LogP contribution in [0.3, 0.4) is 0 Å². The van der Waals surface area contributed by atoms with E-state index in [2.05, 4.69) is 22.1 Å². The van der Waals surface area contributed by atoms with Crippen molar-refractivity contribution >= 4 is 5.69 Å². The van der Waals surface area contributed by atoms with Crippen LogP contribution in [0.5, 0.6) is 0 Å². The molecule has 0 amide bonds. The van der Waals surface area contributed by atoms with Crippen LogP contribution in [-0.2, 0) is 12.8 Å². The van der Waals surface area contributed by atoms with Gasteiger partial charge in [0.15, 0.2) is 0 Å². The maximum Gasteiger partial charge on any atom is 0.115 e. The van der Waals surface area contributed by atoms with Gasteiger partial charge in [0.05, 0.1) is 0 Å². The van der Waals surface area contributed by atoms with Gasteiger partial charge in [0.25, 0.3) is 0 Å². The van der Waals surface area contributed by atoms with Gasteiger partial charge in [-0.1, -0.05) is 12.1 Å². The van der Waals surface area contributed by atoms with E-state index >= 15 is 0 Å². The number of nitrogens with two attached hydrogens (primary N) is 1. The van der Waals surface area contributed by atoms with Crippen LogP contribution in [0, 0.1) is 13.8 Å². The van der Waals surface area contributed by atoms with E-state index in [-0.39, 0.29) is 0 Å². The van der Waals surface area contributed by atoms with Gasteiger partial charge >= 0.3 is 0 Å². The molecule has 0 saturated carbocycles. The van der Waals surface area contributed by atoms with E-state index < -0.39 is 0 Å². The number of hydrogen-bond donors (Lipinski definition) is 1. The van der Waals surface area contributed by atoms with E-state index in [1.807, 2.05) is 26.0 Å². The Kier molecular flexibility index (Phi) is 3.38. The largest absolute Gasteiger partial charge is 0.399 e. The number of nitrogen functional groups attached to an aromatic ring is 1. The van der Waals surface area contributed by atoms with E-state index in [1.165, 1.54) is 5.56 Å². The lowest BCUT2D eigenvalue weighted by molar-refractivity contribution is 0.891. The summed E-state index contributed by atoms with van der Waals surface area (Å²) in [6.07, 6.45) is 3.50. The monoisotopic (exact) mass is 227 g/mol. The molecular weight excluding hydrogens is 210 g/mol. The van der Waals surface area contributed by atoms with Gasteiger partial charge in [-0.15, -0.1) is 0 Å². The molecule has 0 aliphatic carbocycles. The Bertz CT molecular complexity index is 521. The summed E-state index contributed by atoms with van der Waals surface area (Å²) in [7, 11) is 0. The van der Waals surface area contributed by atoms with Crippen molar-refractivity contribution in [1.82, 2.24) is 9.97 Å². The van der Waals surface area contributed by atoms with E-state index in [1.54, 1.807) is 6.33 Å². The molecule has 1 aromatic carbocycles. The summed E-state index contributed by atoms with van der Waals surface area (Å²) < 4.78 is 0. The first-order valence-corrected chi connectivity index (χ1v) is 5.77. The zero-order chi connectivity index (χ0) is 12.3. The van der Waals surface area contributed by atoms with Crippen molar-refractivity contribution in [2.75, 3.05) is 5.73 Å². The average molecular weight is 227 g/mol. The molecule has 0 atom stereocenters. The standard InChI is InChI=1S/C14H17N3/c1-10-3-4-12(8-14(10)15)5-6-13-7-11(2)16-9-17-13/h3-4,7-9H,5-6,15H2,1-2H3. The van der Waals surface area contributed by atoms with Gasteiger partial charge < -0.3 is 5.73 Å². The quantitative estimate of drug-likeness (QED) is 0.819. The van der Waals surface area contributed by atoms with Gasteiger partial charge in [-0.2, -0.15) is 0 Å². The highest BCUT2D eigenvalue weighted by Gasteiger charge is 2.00. The lowest BCUT2D eigenvalue weighted by Gasteiger charge is -2.05. The second-order valence-corrected chi connectivity index (χ2v) is 4.34. The van der Waals surface area contributed by atoms with Crippen molar-refractivity contribution in [2.24, 2.45) is 0 Å². The van der Waals surface area contributed by atoms with Crippen LogP contribution in [0.25, 0.3) is 0 Å². The summed E-state index contributed by atoms with van der Waals surface area (Å²) in [5, 5.41) is 0. The van der Waals surface area contributed by atoms with E-state index in [0.29, 0.717) is 0 Å². The Hall–Kier alpha value is -1.90. The first kappa shape index (κ1) is 11.6. The molecule has 0 saturated heterocycles. The third kappa shape index (κ3) is 3.03. The molecule has 3 heteroatoms. The average Bonchev–Trinajstić information content (AvgIpc) is 2.31. The number of aryl methyl sites for hydroxylation is 4. The zero-order valence-corrected chi connectivity index (χ0v) is 10.3. The fourth-order valence-corrected chi connectivity index (χ4v) is 1.76. The van der Waals surface area contributed by atoms with Crippen molar-refractivity contribution in [3.63, 3.8) is 0 Å². The summed E-state index contributed by atoms with van der Waals surface area (Å²) in [4.78, 5) is 8.34. The first-order chi connectivity index (χ1) is 8.15. The highest BCUT2D eigenvalue weighted by Crippen LogP contribution is 2.14. The van der Waals surface area contributed by atoms with Gasteiger partial charge in [-0.25, -0.2) is 9.97 Å². The number of aromatic nitrogens is 2. The molecule has 0 spiro atoms. The van der Waals surface area contributed by atoms with Crippen LogP contribution in [0.4, 0.5) is 5.69 Å². The molecule has 0 aliphatic rings. The topological polar surface area (TPSA) is 51.8 Å². The molecule has 2 aromatic rings. The molecule has 0 unspecified atom stereocenters. The lowest BCUT2D eigenvalue weighted by atomic mass is 10.0. The van der Waals surface area contributed by atoms with Gasteiger partial charge in [0, 0.05) is 17.1 Å². The summed E-state index contributed by atoms with van der Waals surface area (Å²) in [6.45, 7) is 4.00. The predicted molar refractivity (Wildman–Crippen MR) is 69.8 cm³/mol. The zero-order valence-electron chi connectivity index (χ0n) is 10.3. The molecule has 0 fully saturated rings. The van der Waals surface area contributed by atoms with Crippen LogP contribution in [0.15, 0.2) is 30.6 Å².